The Bertz CT molecular complexity index is 629. The number of benzene rings is 1. The Hall–Kier alpha value is -1.85. The van der Waals surface area contributed by atoms with E-state index in [9.17, 15) is 4.79 Å². The highest BCUT2D eigenvalue weighted by molar-refractivity contribution is 5.85. The third kappa shape index (κ3) is 4.81. The molecule has 0 spiro atoms. The maximum atomic E-state index is 12.1. The second-order valence-electron chi connectivity index (χ2n) is 6.01. The molecule has 0 saturated heterocycles. The third-order valence-corrected chi connectivity index (χ3v) is 4.21. The van der Waals surface area contributed by atoms with Crippen LogP contribution in [0, 0.1) is 5.92 Å². The van der Waals surface area contributed by atoms with Crippen LogP contribution in [0.1, 0.15) is 30.4 Å². The highest BCUT2D eigenvalue weighted by Gasteiger charge is 2.27. The molecule has 3 N–H and O–H groups in total. The number of nitrogens with one attached hydrogen (secondary N) is 1. The van der Waals surface area contributed by atoms with Gasteiger partial charge >= 0.3 is 0 Å². The third-order valence-electron chi connectivity index (χ3n) is 4.21. The van der Waals surface area contributed by atoms with E-state index in [2.05, 4.69) is 22.5 Å². The Kier molecular flexibility index (Phi) is 6.19. The van der Waals surface area contributed by atoms with Gasteiger partial charge in [0.15, 0.2) is 0 Å². The quantitative estimate of drug-likeness (QED) is 0.879. The highest BCUT2D eigenvalue weighted by atomic mass is 35.5. The SMILES string of the molecule is Cl.NC1CCC(C(=O)NCc2cccc(Cn3cccn3)c2)C1. The lowest BCUT2D eigenvalue weighted by Crippen LogP contribution is -2.30. The van der Waals surface area contributed by atoms with Crippen LogP contribution in [0.5, 0.6) is 0 Å². The van der Waals surface area contributed by atoms with Crippen molar-refractivity contribution < 1.29 is 4.79 Å². The van der Waals surface area contributed by atoms with Crippen molar-refractivity contribution in [3.63, 3.8) is 0 Å². The van der Waals surface area contributed by atoms with E-state index in [4.69, 9.17) is 5.73 Å². The van der Waals surface area contributed by atoms with Crippen LogP contribution in [0.2, 0.25) is 0 Å². The van der Waals surface area contributed by atoms with E-state index >= 15 is 0 Å². The number of carbonyl (C=O) groups is 1. The summed E-state index contributed by atoms with van der Waals surface area (Å²) in [7, 11) is 0. The zero-order chi connectivity index (χ0) is 15.4. The molecule has 1 aliphatic carbocycles. The molecule has 6 heteroatoms. The minimum absolute atomic E-state index is 0. The average molecular weight is 335 g/mol. The molecule has 0 radical (unpaired) electrons. The maximum Gasteiger partial charge on any atom is 0.223 e. The zero-order valence-electron chi connectivity index (χ0n) is 13.0. The molecular weight excluding hydrogens is 312 g/mol. The molecule has 1 amide bonds. The fourth-order valence-corrected chi connectivity index (χ4v) is 3.01. The largest absolute Gasteiger partial charge is 0.352 e. The summed E-state index contributed by atoms with van der Waals surface area (Å²) >= 11 is 0. The molecule has 1 aliphatic rings. The van der Waals surface area contributed by atoms with Gasteiger partial charge in [-0.15, -0.1) is 12.4 Å². The normalized spacial score (nSPS) is 20.0. The molecule has 3 rings (SSSR count). The number of carbonyl (C=O) groups excluding carboxylic acids is 1. The van der Waals surface area contributed by atoms with Crippen molar-refractivity contribution in [1.82, 2.24) is 15.1 Å². The Labute approximate surface area is 142 Å². The van der Waals surface area contributed by atoms with Crippen LogP contribution in [0.15, 0.2) is 42.7 Å². The van der Waals surface area contributed by atoms with Crippen LogP contribution >= 0.6 is 12.4 Å². The number of hydrogen-bond donors (Lipinski definition) is 2. The predicted octanol–water partition coefficient (Wildman–Crippen LogP) is 2.10. The second kappa shape index (κ2) is 8.13. The van der Waals surface area contributed by atoms with E-state index in [1.54, 1.807) is 6.20 Å². The van der Waals surface area contributed by atoms with Crippen LogP contribution in [-0.4, -0.2) is 21.7 Å². The molecule has 0 bridgehead atoms. The number of amides is 1. The van der Waals surface area contributed by atoms with Crippen LogP contribution in [0.25, 0.3) is 0 Å². The van der Waals surface area contributed by atoms with Crippen LogP contribution in [0.4, 0.5) is 0 Å². The molecule has 1 aromatic carbocycles. The van der Waals surface area contributed by atoms with Crippen molar-refractivity contribution in [3.05, 3.63) is 53.9 Å². The number of rotatable bonds is 5. The maximum absolute atomic E-state index is 12.1. The van der Waals surface area contributed by atoms with Gasteiger partial charge in [-0.1, -0.05) is 24.3 Å². The Morgan fingerprint density at radius 1 is 1.30 bits per heavy atom. The van der Waals surface area contributed by atoms with Gasteiger partial charge in [0.25, 0.3) is 0 Å². The highest BCUT2D eigenvalue weighted by Crippen LogP contribution is 2.24. The monoisotopic (exact) mass is 334 g/mol. The summed E-state index contributed by atoms with van der Waals surface area (Å²) in [4.78, 5) is 12.1. The molecule has 0 aliphatic heterocycles. The molecular formula is C17H23ClN4O. The van der Waals surface area contributed by atoms with E-state index in [0.29, 0.717) is 6.54 Å². The minimum Gasteiger partial charge on any atom is -0.352 e. The second-order valence-corrected chi connectivity index (χ2v) is 6.01. The Morgan fingerprint density at radius 3 is 2.83 bits per heavy atom. The first-order chi connectivity index (χ1) is 10.7. The molecule has 2 atom stereocenters. The van der Waals surface area contributed by atoms with E-state index in [1.807, 2.05) is 29.1 Å². The van der Waals surface area contributed by atoms with Crippen LogP contribution in [-0.2, 0) is 17.9 Å². The summed E-state index contributed by atoms with van der Waals surface area (Å²) in [6, 6.07) is 10.3. The van der Waals surface area contributed by atoms with E-state index in [0.717, 1.165) is 31.4 Å². The average Bonchev–Trinajstić information content (AvgIpc) is 3.17. The predicted molar refractivity (Wildman–Crippen MR) is 92.2 cm³/mol. The lowest BCUT2D eigenvalue weighted by atomic mass is 10.1. The van der Waals surface area contributed by atoms with Gasteiger partial charge in [0, 0.05) is 30.9 Å². The lowest BCUT2D eigenvalue weighted by Gasteiger charge is -2.11. The molecule has 1 aromatic heterocycles. The molecule has 124 valence electrons. The van der Waals surface area contributed by atoms with Gasteiger partial charge in [0.1, 0.15) is 0 Å². The van der Waals surface area contributed by atoms with Gasteiger partial charge < -0.3 is 11.1 Å². The Balaban J connectivity index is 0.00000192. The number of nitrogens with two attached hydrogens (primary N) is 1. The first kappa shape index (κ1) is 17.5. The van der Waals surface area contributed by atoms with E-state index in [1.165, 1.54) is 5.56 Å². The Morgan fingerprint density at radius 2 is 2.13 bits per heavy atom. The molecule has 1 fully saturated rings. The molecule has 2 aromatic rings. The summed E-state index contributed by atoms with van der Waals surface area (Å²) in [5, 5.41) is 7.24. The van der Waals surface area contributed by atoms with Gasteiger partial charge in [0.2, 0.25) is 5.91 Å². The van der Waals surface area contributed by atoms with Crippen molar-refractivity contribution in [3.8, 4) is 0 Å². The number of hydrogen-bond acceptors (Lipinski definition) is 3. The van der Waals surface area contributed by atoms with Crippen LogP contribution < -0.4 is 11.1 Å². The summed E-state index contributed by atoms with van der Waals surface area (Å²) in [5.74, 6) is 0.215. The molecule has 23 heavy (non-hydrogen) atoms. The standard InChI is InChI=1S/C17H22N4O.ClH/c18-16-6-5-15(10-16)17(22)19-11-13-3-1-4-14(9-13)12-21-8-2-7-20-21;/h1-4,7-9,15-16H,5-6,10-12,18H2,(H,19,22);1H. The summed E-state index contributed by atoms with van der Waals surface area (Å²) in [5.41, 5.74) is 8.16. The van der Waals surface area contributed by atoms with Crippen molar-refractivity contribution in [2.75, 3.05) is 0 Å². The van der Waals surface area contributed by atoms with Gasteiger partial charge in [-0.05, 0) is 36.5 Å². The van der Waals surface area contributed by atoms with Crippen molar-refractivity contribution in [2.45, 2.75) is 38.4 Å². The van der Waals surface area contributed by atoms with Gasteiger partial charge in [-0.3, -0.25) is 9.48 Å². The summed E-state index contributed by atoms with van der Waals surface area (Å²) in [6.45, 7) is 1.31. The van der Waals surface area contributed by atoms with Gasteiger partial charge in [-0.25, -0.2) is 0 Å². The van der Waals surface area contributed by atoms with E-state index < -0.39 is 0 Å². The van der Waals surface area contributed by atoms with Gasteiger partial charge in [-0.2, -0.15) is 5.10 Å². The van der Waals surface area contributed by atoms with Crippen molar-refractivity contribution in [1.29, 1.82) is 0 Å². The first-order valence-corrected chi connectivity index (χ1v) is 7.79. The molecule has 1 heterocycles. The van der Waals surface area contributed by atoms with E-state index in [-0.39, 0.29) is 30.3 Å². The zero-order valence-corrected chi connectivity index (χ0v) is 13.8. The molecule has 5 nitrogen and oxygen atoms in total. The fraction of sp³-hybridized carbons (Fsp3) is 0.412. The number of aromatic nitrogens is 2. The van der Waals surface area contributed by atoms with Crippen LogP contribution in [0.3, 0.4) is 0 Å². The summed E-state index contributed by atoms with van der Waals surface area (Å²) < 4.78 is 1.89. The lowest BCUT2D eigenvalue weighted by molar-refractivity contribution is -0.125. The summed E-state index contributed by atoms with van der Waals surface area (Å²) in [6.07, 6.45) is 6.39. The fourth-order valence-electron chi connectivity index (χ4n) is 3.01. The van der Waals surface area contributed by atoms with Crippen molar-refractivity contribution >= 4 is 18.3 Å². The van der Waals surface area contributed by atoms with Crippen molar-refractivity contribution in [2.24, 2.45) is 11.7 Å². The molecule has 2 unspecified atom stereocenters. The minimum atomic E-state index is 0. The van der Waals surface area contributed by atoms with Gasteiger partial charge in [0.05, 0.1) is 6.54 Å². The number of halogens is 1. The topological polar surface area (TPSA) is 72.9 Å². The number of nitrogens with zero attached hydrogens (tertiary/aromatic N) is 2. The molecule has 1 saturated carbocycles. The first-order valence-electron chi connectivity index (χ1n) is 7.79. The smallest absolute Gasteiger partial charge is 0.223 e.